The lowest BCUT2D eigenvalue weighted by molar-refractivity contribution is -0.119. The highest BCUT2D eigenvalue weighted by atomic mass is 16.2. The number of carbonyl (C=O) groups excluding carboxylic acids is 1. The fourth-order valence-corrected chi connectivity index (χ4v) is 2.46. The highest BCUT2D eigenvalue weighted by Gasteiger charge is 2.20. The van der Waals surface area contributed by atoms with Gasteiger partial charge in [-0.1, -0.05) is 12.1 Å². The molecule has 1 heterocycles. The number of anilines is 1. The summed E-state index contributed by atoms with van der Waals surface area (Å²) in [6, 6.07) is 9.35. The summed E-state index contributed by atoms with van der Waals surface area (Å²) in [5, 5.41) is 12.4. The van der Waals surface area contributed by atoms with E-state index in [1.165, 1.54) is 0 Å². The van der Waals surface area contributed by atoms with Crippen LogP contribution in [-0.4, -0.2) is 26.0 Å². The summed E-state index contributed by atoms with van der Waals surface area (Å²) < 4.78 is 0. The van der Waals surface area contributed by atoms with Crippen LogP contribution in [0, 0.1) is 17.2 Å². The Morgan fingerprint density at radius 2 is 2.11 bits per heavy atom. The number of hydrogen-bond acceptors (Lipinski definition) is 3. The summed E-state index contributed by atoms with van der Waals surface area (Å²) in [4.78, 5) is 13.9. The molecule has 0 unspecified atom stereocenters. The molecule has 0 atom stereocenters. The highest BCUT2D eigenvalue weighted by Crippen LogP contribution is 2.22. The number of piperidine rings is 1. The standard InChI is InChI=1S/C15H19N3O/c1-18(14-5-3-2-4-13(14)11-16)15(19)10-12-6-8-17-9-7-12/h2-5,12,17H,6-10H2,1H3. The monoisotopic (exact) mass is 257 g/mol. The summed E-state index contributed by atoms with van der Waals surface area (Å²) in [5.74, 6) is 0.556. The van der Waals surface area contributed by atoms with E-state index in [0.29, 0.717) is 23.6 Å². The Bertz CT molecular complexity index is 486. The first-order valence-electron chi connectivity index (χ1n) is 6.68. The third-order valence-corrected chi connectivity index (χ3v) is 3.68. The van der Waals surface area contributed by atoms with Gasteiger partial charge in [-0.2, -0.15) is 5.26 Å². The van der Waals surface area contributed by atoms with E-state index in [4.69, 9.17) is 5.26 Å². The maximum absolute atomic E-state index is 12.3. The molecule has 1 fully saturated rings. The first-order valence-corrected chi connectivity index (χ1v) is 6.68. The minimum absolute atomic E-state index is 0.0922. The normalized spacial score (nSPS) is 15.8. The van der Waals surface area contributed by atoms with Crippen molar-refractivity contribution in [3.8, 4) is 6.07 Å². The van der Waals surface area contributed by atoms with Gasteiger partial charge in [-0.25, -0.2) is 0 Å². The molecule has 1 aromatic carbocycles. The molecule has 1 aliphatic heterocycles. The molecule has 0 saturated carbocycles. The van der Waals surface area contributed by atoms with Crippen molar-refractivity contribution in [1.29, 1.82) is 5.26 Å². The van der Waals surface area contributed by atoms with Gasteiger partial charge >= 0.3 is 0 Å². The third kappa shape index (κ3) is 3.33. The first kappa shape index (κ1) is 13.6. The van der Waals surface area contributed by atoms with E-state index < -0.39 is 0 Å². The Kier molecular flexibility index (Phi) is 4.53. The van der Waals surface area contributed by atoms with Gasteiger partial charge in [-0.3, -0.25) is 4.79 Å². The number of nitrogens with zero attached hydrogens (tertiary/aromatic N) is 2. The van der Waals surface area contributed by atoms with Gasteiger partial charge in [0, 0.05) is 13.5 Å². The predicted octanol–water partition coefficient (Wildman–Crippen LogP) is 1.91. The number of amides is 1. The minimum atomic E-state index is 0.0922. The van der Waals surface area contributed by atoms with Gasteiger partial charge in [0.1, 0.15) is 6.07 Å². The van der Waals surface area contributed by atoms with Crippen molar-refractivity contribution in [2.24, 2.45) is 5.92 Å². The zero-order chi connectivity index (χ0) is 13.7. The predicted molar refractivity (Wildman–Crippen MR) is 74.8 cm³/mol. The fraction of sp³-hybridized carbons (Fsp3) is 0.467. The molecular formula is C15H19N3O. The second-order valence-electron chi connectivity index (χ2n) is 4.98. The van der Waals surface area contributed by atoms with Crippen LogP contribution in [0.1, 0.15) is 24.8 Å². The summed E-state index contributed by atoms with van der Waals surface area (Å²) in [6.07, 6.45) is 2.68. The van der Waals surface area contributed by atoms with E-state index in [-0.39, 0.29) is 5.91 Å². The van der Waals surface area contributed by atoms with Crippen LogP contribution in [-0.2, 0) is 4.79 Å². The Morgan fingerprint density at radius 1 is 1.42 bits per heavy atom. The van der Waals surface area contributed by atoms with Gasteiger partial charge < -0.3 is 10.2 Å². The molecule has 1 aliphatic rings. The van der Waals surface area contributed by atoms with Crippen LogP contribution in [0.3, 0.4) is 0 Å². The van der Waals surface area contributed by atoms with Crippen molar-refractivity contribution in [2.45, 2.75) is 19.3 Å². The molecule has 0 bridgehead atoms. The number of rotatable bonds is 3. The van der Waals surface area contributed by atoms with Crippen LogP contribution in [0.15, 0.2) is 24.3 Å². The number of benzene rings is 1. The number of carbonyl (C=O) groups is 1. The summed E-state index contributed by atoms with van der Waals surface area (Å²) >= 11 is 0. The van der Waals surface area contributed by atoms with Crippen molar-refractivity contribution in [1.82, 2.24) is 5.32 Å². The zero-order valence-corrected chi connectivity index (χ0v) is 11.2. The van der Waals surface area contributed by atoms with E-state index in [1.807, 2.05) is 18.2 Å². The van der Waals surface area contributed by atoms with Crippen molar-refractivity contribution in [2.75, 3.05) is 25.0 Å². The molecule has 4 nitrogen and oxygen atoms in total. The summed E-state index contributed by atoms with van der Waals surface area (Å²) in [6.45, 7) is 1.99. The van der Waals surface area contributed by atoms with E-state index in [1.54, 1.807) is 18.0 Å². The largest absolute Gasteiger partial charge is 0.317 e. The van der Waals surface area contributed by atoms with Crippen LogP contribution < -0.4 is 10.2 Å². The van der Waals surface area contributed by atoms with E-state index >= 15 is 0 Å². The molecule has 1 amide bonds. The van der Waals surface area contributed by atoms with Gasteiger partial charge in [-0.15, -0.1) is 0 Å². The summed E-state index contributed by atoms with van der Waals surface area (Å²) in [7, 11) is 1.75. The maximum Gasteiger partial charge on any atom is 0.227 e. The average molecular weight is 257 g/mol. The quantitative estimate of drug-likeness (QED) is 0.900. The van der Waals surface area contributed by atoms with E-state index in [9.17, 15) is 4.79 Å². The third-order valence-electron chi connectivity index (χ3n) is 3.68. The molecule has 2 rings (SSSR count). The van der Waals surface area contributed by atoms with Gasteiger partial charge in [0.15, 0.2) is 0 Å². The van der Waals surface area contributed by atoms with Crippen molar-refractivity contribution < 1.29 is 4.79 Å². The molecule has 1 saturated heterocycles. The Hall–Kier alpha value is -1.86. The van der Waals surface area contributed by atoms with Gasteiger partial charge in [0.05, 0.1) is 11.3 Å². The van der Waals surface area contributed by atoms with Crippen LogP contribution >= 0.6 is 0 Å². The molecule has 100 valence electrons. The van der Waals surface area contributed by atoms with E-state index in [2.05, 4.69) is 11.4 Å². The molecule has 0 aromatic heterocycles. The van der Waals surface area contributed by atoms with Crippen LogP contribution in [0.5, 0.6) is 0 Å². The van der Waals surface area contributed by atoms with Crippen molar-refractivity contribution in [3.05, 3.63) is 29.8 Å². The average Bonchev–Trinajstić information content (AvgIpc) is 2.47. The lowest BCUT2D eigenvalue weighted by Gasteiger charge is -2.25. The smallest absolute Gasteiger partial charge is 0.227 e. The molecular weight excluding hydrogens is 238 g/mol. The number of para-hydroxylation sites is 1. The molecule has 0 radical (unpaired) electrons. The first-order chi connectivity index (χ1) is 9.22. The zero-order valence-electron chi connectivity index (χ0n) is 11.2. The molecule has 4 heteroatoms. The molecule has 1 N–H and O–H groups in total. The minimum Gasteiger partial charge on any atom is -0.317 e. The Labute approximate surface area is 114 Å². The number of nitrogens with one attached hydrogen (secondary N) is 1. The second-order valence-corrected chi connectivity index (χ2v) is 4.98. The van der Waals surface area contributed by atoms with Crippen LogP contribution in [0.4, 0.5) is 5.69 Å². The lowest BCUT2D eigenvalue weighted by Crippen LogP contribution is -2.33. The van der Waals surface area contributed by atoms with Crippen molar-refractivity contribution in [3.63, 3.8) is 0 Å². The second kappa shape index (κ2) is 6.35. The van der Waals surface area contributed by atoms with Crippen molar-refractivity contribution >= 4 is 11.6 Å². The lowest BCUT2D eigenvalue weighted by atomic mass is 9.94. The topological polar surface area (TPSA) is 56.1 Å². The summed E-state index contributed by atoms with van der Waals surface area (Å²) in [5.41, 5.74) is 1.24. The maximum atomic E-state index is 12.3. The van der Waals surface area contributed by atoms with Gasteiger partial charge in [0.25, 0.3) is 0 Å². The molecule has 1 aromatic rings. The Morgan fingerprint density at radius 3 is 2.79 bits per heavy atom. The SMILES string of the molecule is CN(C(=O)CC1CCNCC1)c1ccccc1C#N. The Balaban J connectivity index is 2.04. The molecule has 0 aliphatic carbocycles. The van der Waals surface area contributed by atoms with E-state index in [0.717, 1.165) is 25.9 Å². The molecule has 0 spiro atoms. The highest BCUT2D eigenvalue weighted by molar-refractivity contribution is 5.94. The number of nitriles is 1. The fourth-order valence-electron chi connectivity index (χ4n) is 2.46. The van der Waals surface area contributed by atoms with Gasteiger partial charge in [-0.05, 0) is 44.0 Å². The van der Waals surface area contributed by atoms with Crippen LogP contribution in [0.2, 0.25) is 0 Å². The number of hydrogen-bond donors (Lipinski definition) is 1. The van der Waals surface area contributed by atoms with Crippen LogP contribution in [0.25, 0.3) is 0 Å². The van der Waals surface area contributed by atoms with Gasteiger partial charge in [0.2, 0.25) is 5.91 Å². The molecule has 19 heavy (non-hydrogen) atoms.